The number of benzene rings is 1. The second-order valence-corrected chi connectivity index (χ2v) is 7.13. The summed E-state index contributed by atoms with van der Waals surface area (Å²) in [6.45, 7) is 4.18. The van der Waals surface area contributed by atoms with Crippen LogP contribution < -0.4 is 10.2 Å². The van der Waals surface area contributed by atoms with E-state index in [1.54, 1.807) is 0 Å². The highest BCUT2D eigenvalue weighted by Gasteiger charge is 2.16. The van der Waals surface area contributed by atoms with Gasteiger partial charge < -0.3 is 15.1 Å². The van der Waals surface area contributed by atoms with Crippen LogP contribution >= 0.6 is 24.0 Å². The topological polar surface area (TPSA) is 18.5 Å². The molecule has 1 saturated heterocycles. The molecule has 5 heteroatoms. The predicted octanol–water partition coefficient (Wildman–Crippen LogP) is 3.35. The summed E-state index contributed by atoms with van der Waals surface area (Å²) in [6, 6.07) is 8.72. The van der Waals surface area contributed by atoms with E-state index in [0.29, 0.717) is 0 Å². The molecule has 0 aromatic heterocycles. The quantitative estimate of drug-likeness (QED) is 0.606. The molecule has 0 unspecified atom stereocenters. The molecule has 3 nitrogen and oxygen atoms in total. The molecule has 22 heavy (non-hydrogen) atoms. The van der Waals surface area contributed by atoms with Gasteiger partial charge in [0.15, 0.2) is 5.11 Å². The SMILES string of the molecule is CSCCCNC(=S)N(C)Cc1ccccc1N1CCCC1. The van der Waals surface area contributed by atoms with Crippen molar-refractivity contribution in [3.63, 3.8) is 0 Å². The first-order valence-electron chi connectivity index (χ1n) is 8.03. The first-order valence-corrected chi connectivity index (χ1v) is 9.83. The van der Waals surface area contributed by atoms with Gasteiger partial charge in [-0.3, -0.25) is 0 Å². The minimum absolute atomic E-state index is 0.845. The maximum absolute atomic E-state index is 5.50. The van der Waals surface area contributed by atoms with Gasteiger partial charge in [-0.25, -0.2) is 0 Å². The van der Waals surface area contributed by atoms with Gasteiger partial charge in [0.05, 0.1) is 0 Å². The number of hydrogen-bond donors (Lipinski definition) is 1. The van der Waals surface area contributed by atoms with Crippen molar-refractivity contribution >= 4 is 34.8 Å². The Labute approximate surface area is 144 Å². The Morgan fingerprint density at radius 2 is 2.05 bits per heavy atom. The lowest BCUT2D eigenvalue weighted by Gasteiger charge is -2.26. The molecule has 0 saturated carbocycles. The lowest BCUT2D eigenvalue weighted by Crippen LogP contribution is -2.37. The van der Waals surface area contributed by atoms with Crippen LogP contribution in [0.15, 0.2) is 24.3 Å². The molecule has 1 aromatic rings. The fourth-order valence-electron chi connectivity index (χ4n) is 2.79. The van der Waals surface area contributed by atoms with E-state index in [1.165, 1.54) is 42.9 Å². The molecule has 1 aliphatic heterocycles. The van der Waals surface area contributed by atoms with Crippen molar-refractivity contribution < 1.29 is 0 Å². The van der Waals surface area contributed by atoms with Crippen LogP contribution in [0.2, 0.25) is 0 Å². The van der Waals surface area contributed by atoms with Gasteiger partial charge in [-0.1, -0.05) is 18.2 Å². The third-order valence-electron chi connectivity index (χ3n) is 3.99. The molecule has 0 atom stereocenters. The molecular weight excluding hydrogens is 310 g/mol. The fraction of sp³-hybridized carbons (Fsp3) is 0.588. The highest BCUT2D eigenvalue weighted by atomic mass is 32.2. The van der Waals surface area contributed by atoms with E-state index < -0.39 is 0 Å². The van der Waals surface area contributed by atoms with Crippen LogP contribution in [0.5, 0.6) is 0 Å². The Bertz CT molecular complexity index is 473. The average molecular weight is 338 g/mol. The standard InChI is InChI=1S/C17H27N3S2/c1-19(17(21)18-10-7-13-22-2)14-15-8-3-4-9-16(15)20-11-5-6-12-20/h3-4,8-9H,5-7,10-14H2,1-2H3,(H,18,21). The van der Waals surface area contributed by atoms with E-state index in [9.17, 15) is 0 Å². The van der Waals surface area contributed by atoms with Gasteiger partial charge in [0.1, 0.15) is 0 Å². The Balaban J connectivity index is 1.90. The van der Waals surface area contributed by atoms with Crippen LogP contribution in [-0.4, -0.2) is 48.7 Å². The van der Waals surface area contributed by atoms with Crippen LogP contribution in [0.1, 0.15) is 24.8 Å². The van der Waals surface area contributed by atoms with Crippen molar-refractivity contribution in [3.05, 3.63) is 29.8 Å². The minimum atomic E-state index is 0.845. The average Bonchev–Trinajstić information content (AvgIpc) is 3.06. The zero-order valence-corrected chi connectivity index (χ0v) is 15.3. The van der Waals surface area contributed by atoms with Crippen molar-refractivity contribution in [2.75, 3.05) is 43.6 Å². The van der Waals surface area contributed by atoms with Crippen LogP contribution in [0.3, 0.4) is 0 Å². The largest absolute Gasteiger partial charge is 0.371 e. The molecule has 1 N–H and O–H groups in total. The molecule has 122 valence electrons. The Morgan fingerprint density at radius 3 is 2.77 bits per heavy atom. The van der Waals surface area contributed by atoms with Gasteiger partial charge in [-0.2, -0.15) is 11.8 Å². The van der Waals surface area contributed by atoms with Gasteiger partial charge in [-0.05, 0) is 55.1 Å². The third-order valence-corrected chi connectivity index (χ3v) is 5.15. The molecular formula is C17H27N3S2. The predicted molar refractivity (Wildman–Crippen MR) is 103 cm³/mol. The van der Waals surface area contributed by atoms with Crippen molar-refractivity contribution in [1.29, 1.82) is 0 Å². The van der Waals surface area contributed by atoms with E-state index in [-0.39, 0.29) is 0 Å². The molecule has 2 rings (SSSR count). The van der Waals surface area contributed by atoms with Gasteiger partial charge >= 0.3 is 0 Å². The number of anilines is 1. The van der Waals surface area contributed by atoms with E-state index >= 15 is 0 Å². The number of thioether (sulfide) groups is 1. The summed E-state index contributed by atoms with van der Waals surface area (Å²) >= 11 is 7.38. The Morgan fingerprint density at radius 1 is 1.32 bits per heavy atom. The normalized spacial score (nSPS) is 14.2. The summed E-state index contributed by atoms with van der Waals surface area (Å²) in [5, 5.41) is 4.20. The van der Waals surface area contributed by atoms with E-state index in [1.807, 2.05) is 11.8 Å². The van der Waals surface area contributed by atoms with Crippen molar-refractivity contribution in [1.82, 2.24) is 10.2 Å². The summed E-state index contributed by atoms with van der Waals surface area (Å²) in [5.74, 6) is 1.18. The third kappa shape index (κ3) is 5.06. The summed E-state index contributed by atoms with van der Waals surface area (Å²) in [5.41, 5.74) is 2.73. The number of hydrogen-bond acceptors (Lipinski definition) is 3. The van der Waals surface area contributed by atoms with Gasteiger partial charge in [0.2, 0.25) is 0 Å². The van der Waals surface area contributed by atoms with Crippen LogP contribution in [0.4, 0.5) is 5.69 Å². The monoisotopic (exact) mass is 337 g/mol. The van der Waals surface area contributed by atoms with Crippen LogP contribution in [-0.2, 0) is 6.54 Å². The van der Waals surface area contributed by atoms with Gasteiger partial charge in [0, 0.05) is 38.9 Å². The molecule has 0 aliphatic carbocycles. The van der Waals surface area contributed by atoms with E-state index in [2.05, 4.69) is 52.7 Å². The maximum atomic E-state index is 5.50. The number of thiocarbonyl (C=S) groups is 1. The molecule has 1 aliphatic rings. The zero-order valence-electron chi connectivity index (χ0n) is 13.7. The van der Waals surface area contributed by atoms with Crippen LogP contribution in [0, 0.1) is 0 Å². The number of rotatable bonds is 7. The lowest BCUT2D eigenvalue weighted by molar-refractivity contribution is 0.489. The second kappa shape index (κ2) is 9.26. The summed E-state index contributed by atoms with van der Waals surface area (Å²) in [4.78, 5) is 4.64. The van der Waals surface area contributed by atoms with Crippen LogP contribution in [0.25, 0.3) is 0 Å². The molecule has 1 heterocycles. The van der Waals surface area contributed by atoms with Gasteiger partial charge in [0.25, 0.3) is 0 Å². The highest BCUT2D eigenvalue weighted by Crippen LogP contribution is 2.25. The van der Waals surface area contributed by atoms with Gasteiger partial charge in [-0.15, -0.1) is 0 Å². The zero-order chi connectivity index (χ0) is 15.8. The first-order chi connectivity index (χ1) is 10.7. The maximum Gasteiger partial charge on any atom is 0.168 e. The van der Waals surface area contributed by atoms with E-state index in [4.69, 9.17) is 12.2 Å². The highest BCUT2D eigenvalue weighted by molar-refractivity contribution is 7.98. The fourth-order valence-corrected chi connectivity index (χ4v) is 3.38. The molecule has 0 spiro atoms. The number of nitrogens with zero attached hydrogens (tertiary/aromatic N) is 2. The minimum Gasteiger partial charge on any atom is -0.371 e. The van der Waals surface area contributed by atoms with E-state index in [0.717, 1.165) is 24.6 Å². The van der Waals surface area contributed by atoms with Crippen molar-refractivity contribution in [2.24, 2.45) is 0 Å². The Hall–Kier alpha value is -0.940. The summed E-state index contributed by atoms with van der Waals surface area (Å²) < 4.78 is 0. The van der Waals surface area contributed by atoms with Crippen molar-refractivity contribution in [2.45, 2.75) is 25.8 Å². The first kappa shape index (κ1) is 17.4. The molecule has 1 fully saturated rings. The molecule has 0 bridgehead atoms. The smallest absolute Gasteiger partial charge is 0.168 e. The number of nitrogens with one attached hydrogen (secondary N) is 1. The molecule has 0 radical (unpaired) electrons. The summed E-state index contributed by atoms with van der Waals surface area (Å²) in [6.07, 6.45) is 5.90. The lowest BCUT2D eigenvalue weighted by atomic mass is 10.1. The molecule has 0 amide bonds. The summed E-state index contributed by atoms with van der Waals surface area (Å²) in [7, 11) is 2.07. The Kier molecular flexibility index (Phi) is 7.33. The second-order valence-electron chi connectivity index (χ2n) is 5.76. The molecule has 1 aromatic carbocycles. The number of para-hydroxylation sites is 1. The van der Waals surface area contributed by atoms with Crippen molar-refractivity contribution in [3.8, 4) is 0 Å².